The average molecular weight is 446 g/mol. The Hall–Kier alpha value is -3.43. The highest BCUT2D eigenvalue weighted by molar-refractivity contribution is 7.92. The van der Waals surface area contributed by atoms with Gasteiger partial charge in [-0.1, -0.05) is 17.7 Å². The molecule has 0 atom stereocenters. The Bertz CT molecular complexity index is 1210. The van der Waals surface area contributed by atoms with Crippen molar-refractivity contribution in [3.8, 4) is 0 Å². The van der Waals surface area contributed by atoms with Gasteiger partial charge >= 0.3 is 0 Å². The molecule has 0 heterocycles. The van der Waals surface area contributed by atoms with E-state index in [-0.39, 0.29) is 21.8 Å². The first-order chi connectivity index (χ1) is 14.2. The second-order valence-corrected chi connectivity index (χ2v) is 8.47. The highest BCUT2D eigenvalue weighted by Gasteiger charge is 2.15. The third-order valence-corrected chi connectivity index (χ3v) is 5.85. The lowest BCUT2D eigenvalue weighted by atomic mass is 10.1. The molecule has 8 nitrogen and oxygen atoms in total. The van der Waals surface area contributed by atoms with Crippen LogP contribution in [0, 0.1) is 17.0 Å². The summed E-state index contributed by atoms with van der Waals surface area (Å²) in [5.74, 6) is -0.481. The maximum atomic E-state index is 12.5. The lowest BCUT2D eigenvalue weighted by molar-refractivity contribution is -0.384. The number of nitro benzene ring substituents is 1. The van der Waals surface area contributed by atoms with Gasteiger partial charge in [0.1, 0.15) is 0 Å². The quantitative estimate of drug-likeness (QED) is 0.424. The van der Waals surface area contributed by atoms with Gasteiger partial charge in [0.15, 0.2) is 0 Å². The number of amides is 1. The molecule has 3 aromatic rings. The molecule has 30 heavy (non-hydrogen) atoms. The number of nitrogens with zero attached hydrogens (tertiary/aromatic N) is 1. The Labute approximate surface area is 177 Å². The zero-order valence-corrected chi connectivity index (χ0v) is 17.2. The van der Waals surface area contributed by atoms with Crippen molar-refractivity contribution in [3.05, 3.63) is 93.0 Å². The number of nitro groups is 1. The fourth-order valence-electron chi connectivity index (χ4n) is 2.57. The standard InChI is InChI=1S/C20H16ClN3O5S/c1-13-2-9-17(24(26)27)12-19(13)22-20(25)14-3-7-16(8-4-14)23-30(28,29)18-10-5-15(21)6-11-18/h2-12,23H,1H3,(H,22,25). The van der Waals surface area contributed by atoms with Gasteiger partial charge in [-0.15, -0.1) is 0 Å². The molecule has 0 radical (unpaired) electrons. The molecular weight excluding hydrogens is 430 g/mol. The maximum Gasteiger partial charge on any atom is 0.271 e. The van der Waals surface area contributed by atoms with Crippen LogP contribution in [0.5, 0.6) is 0 Å². The van der Waals surface area contributed by atoms with Crippen LogP contribution in [0.1, 0.15) is 15.9 Å². The molecule has 0 aromatic heterocycles. The summed E-state index contributed by atoms with van der Waals surface area (Å²) < 4.78 is 27.2. The Morgan fingerprint density at radius 2 is 1.63 bits per heavy atom. The Morgan fingerprint density at radius 1 is 1.00 bits per heavy atom. The van der Waals surface area contributed by atoms with Gasteiger partial charge in [0.2, 0.25) is 0 Å². The number of aryl methyl sites for hydroxylation is 1. The van der Waals surface area contributed by atoms with Crippen molar-refractivity contribution in [2.24, 2.45) is 0 Å². The summed E-state index contributed by atoms with van der Waals surface area (Å²) in [5.41, 5.74) is 1.38. The van der Waals surface area contributed by atoms with E-state index in [9.17, 15) is 23.3 Å². The molecule has 0 fully saturated rings. The molecule has 0 unspecified atom stereocenters. The average Bonchev–Trinajstić information content (AvgIpc) is 2.70. The monoisotopic (exact) mass is 445 g/mol. The highest BCUT2D eigenvalue weighted by Crippen LogP contribution is 2.23. The second kappa shape index (κ2) is 8.52. The molecule has 0 spiro atoms. The number of anilines is 2. The summed E-state index contributed by atoms with van der Waals surface area (Å²) >= 11 is 5.77. The third kappa shape index (κ3) is 4.94. The molecule has 0 bridgehead atoms. The summed E-state index contributed by atoms with van der Waals surface area (Å²) in [6.45, 7) is 1.72. The van der Waals surface area contributed by atoms with Crippen LogP contribution < -0.4 is 10.0 Å². The maximum absolute atomic E-state index is 12.5. The number of non-ortho nitro benzene ring substituents is 1. The number of sulfonamides is 1. The first-order valence-electron chi connectivity index (χ1n) is 8.60. The third-order valence-electron chi connectivity index (χ3n) is 4.20. The van der Waals surface area contributed by atoms with Gasteiger partial charge in [-0.05, 0) is 61.0 Å². The summed E-state index contributed by atoms with van der Waals surface area (Å²) in [4.78, 5) is 22.9. The van der Waals surface area contributed by atoms with E-state index in [0.717, 1.165) is 0 Å². The predicted octanol–water partition coefficient (Wildman–Crippen LogP) is 4.61. The first-order valence-corrected chi connectivity index (χ1v) is 10.5. The minimum absolute atomic E-state index is 0.0508. The predicted molar refractivity (Wildman–Crippen MR) is 114 cm³/mol. The molecule has 3 rings (SSSR count). The van der Waals surface area contributed by atoms with Crippen LogP contribution in [0.4, 0.5) is 17.1 Å². The van der Waals surface area contributed by atoms with Crippen LogP contribution in [0.2, 0.25) is 5.02 Å². The number of hydrogen-bond donors (Lipinski definition) is 2. The molecule has 0 aliphatic heterocycles. The number of rotatable bonds is 6. The smallest absolute Gasteiger partial charge is 0.271 e. The van der Waals surface area contributed by atoms with Crippen LogP contribution in [-0.4, -0.2) is 19.2 Å². The van der Waals surface area contributed by atoms with Gasteiger partial charge < -0.3 is 5.32 Å². The van der Waals surface area contributed by atoms with Gasteiger partial charge in [-0.3, -0.25) is 19.6 Å². The van der Waals surface area contributed by atoms with Gasteiger partial charge in [0, 0.05) is 28.4 Å². The van der Waals surface area contributed by atoms with Crippen LogP contribution in [-0.2, 0) is 10.0 Å². The SMILES string of the molecule is Cc1ccc([N+](=O)[O-])cc1NC(=O)c1ccc(NS(=O)(=O)c2ccc(Cl)cc2)cc1. The Kier molecular flexibility index (Phi) is 6.04. The normalized spacial score (nSPS) is 11.0. The lowest BCUT2D eigenvalue weighted by Crippen LogP contribution is -2.14. The van der Waals surface area contributed by atoms with Crippen molar-refractivity contribution in [1.82, 2.24) is 0 Å². The molecular formula is C20H16ClN3O5S. The summed E-state index contributed by atoms with van der Waals surface area (Å²) in [5, 5.41) is 14.0. The van der Waals surface area contributed by atoms with E-state index in [4.69, 9.17) is 11.6 Å². The van der Waals surface area contributed by atoms with Crippen molar-refractivity contribution in [2.45, 2.75) is 11.8 Å². The molecule has 0 saturated carbocycles. The number of nitrogens with one attached hydrogen (secondary N) is 2. The number of carbonyl (C=O) groups excluding carboxylic acids is 1. The van der Waals surface area contributed by atoms with Gasteiger partial charge in [-0.2, -0.15) is 0 Å². The van der Waals surface area contributed by atoms with E-state index >= 15 is 0 Å². The van der Waals surface area contributed by atoms with E-state index in [1.807, 2.05) is 0 Å². The van der Waals surface area contributed by atoms with Crippen molar-refractivity contribution in [1.29, 1.82) is 0 Å². The van der Waals surface area contributed by atoms with Crippen LogP contribution >= 0.6 is 11.6 Å². The van der Waals surface area contributed by atoms with E-state index in [1.165, 1.54) is 60.7 Å². The van der Waals surface area contributed by atoms with Crippen molar-refractivity contribution < 1.29 is 18.1 Å². The minimum Gasteiger partial charge on any atom is -0.321 e. The molecule has 0 saturated heterocycles. The number of hydrogen-bond acceptors (Lipinski definition) is 5. The number of carbonyl (C=O) groups is 1. The molecule has 1 amide bonds. The minimum atomic E-state index is -3.80. The fourth-order valence-corrected chi connectivity index (χ4v) is 3.75. The van der Waals surface area contributed by atoms with Gasteiger partial charge in [-0.25, -0.2) is 8.42 Å². The molecule has 0 aliphatic rings. The zero-order valence-electron chi connectivity index (χ0n) is 15.6. The number of benzene rings is 3. The fraction of sp³-hybridized carbons (Fsp3) is 0.0500. The van der Waals surface area contributed by atoms with Crippen LogP contribution in [0.25, 0.3) is 0 Å². The van der Waals surface area contributed by atoms with E-state index < -0.39 is 20.9 Å². The molecule has 154 valence electrons. The first kappa shape index (κ1) is 21.3. The molecule has 2 N–H and O–H groups in total. The van der Waals surface area contributed by atoms with Gasteiger partial charge in [0.05, 0.1) is 15.5 Å². The topological polar surface area (TPSA) is 118 Å². The van der Waals surface area contributed by atoms with Crippen molar-refractivity contribution in [2.75, 3.05) is 10.0 Å². The summed E-state index contributed by atoms with van der Waals surface area (Å²) in [6, 6.07) is 15.7. The van der Waals surface area contributed by atoms with Crippen molar-refractivity contribution in [3.63, 3.8) is 0 Å². The largest absolute Gasteiger partial charge is 0.321 e. The summed E-state index contributed by atoms with van der Waals surface area (Å²) in [7, 11) is -3.80. The molecule has 3 aromatic carbocycles. The second-order valence-electron chi connectivity index (χ2n) is 6.35. The summed E-state index contributed by atoms with van der Waals surface area (Å²) in [6.07, 6.45) is 0. The van der Waals surface area contributed by atoms with Crippen molar-refractivity contribution >= 4 is 44.6 Å². The lowest BCUT2D eigenvalue weighted by Gasteiger charge is -2.10. The van der Waals surface area contributed by atoms with Crippen LogP contribution in [0.15, 0.2) is 71.6 Å². The zero-order chi connectivity index (χ0) is 21.9. The Balaban J connectivity index is 1.74. The molecule has 0 aliphatic carbocycles. The molecule has 10 heteroatoms. The van der Waals surface area contributed by atoms with Crippen LogP contribution in [0.3, 0.4) is 0 Å². The number of halogens is 1. The Morgan fingerprint density at radius 3 is 2.23 bits per heavy atom. The van der Waals surface area contributed by atoms with E-state index in [1.54, 1.807) is 13.0 Å². The highest BCUT2D eigenvalue weighted by atomic mass is 35.5. The van der Waals surface area contributed by atoms with Gasteiger partial charge in [0.25, 0.3) is 21.6 Å². The van der Waals surface area contributed by atoms with E-state index in [0.29, 0.717) is 16.3 Å². The van der Waals surface area contributed by atoms with E-state index in [2.05, 4.69) is 10.0 Å².